The van der Waals surface area contributed by atoms with Crippen LogP contribution in [0.5, 0.6) is 0 Å². The SMILES string of the molecule is CC(C)C(C)(C)CNC(=S)Nc1ccccc1. The van der Waals surface area contributed by atoms with Gasteiger partial charge in [-0.25, -0.2) is 0 Å². The number of thiocarbonyl (C=S) groups is 1. The number of anilines is 1. The van der Waals surface area contributed by atoms with Crippen LogP contribution in [0.25, 0.3) is 0 Å². The van der Waals surface area contributed by atoms with Gasteiger partial charge >= 0.3 is 0 Å². The van der Waals surface area contributed by atoms with Gasteiger partial charge in [-0.05, 0) is 35.7 Å². The quantitative estimate of drug-likeness (QED) is 0.798. The summed E-state index contributed by atoms with van der Waals surface area (Å²) in [6.07, 6.45) is 0. The molecule has 0 heterocycles. The number of para-hydroxylation sites is 1. The maximum Gasteiger partial charge on any atom is 0.170 e. The maximum atomic E-state index is 5.27. The second kappa shape index (κ2) is 6.01. The van der Waals surface area contributed by atoms with Gasteiger partial charge in [-0.3, -0.25) is 0 Å². The van der Waals surface area contributed by atoms with E-state index in [1.165, 1.54) is 0 Å². The Kier molecular flexibility index (Phi) is 4.94. The Hall–Kier alpha value is -1.09. The van der Waals surface area contributed by atoms with E-state index in [1.54, 1.807) is 0 Å². The lowest BCUT2D eigenvalue weighted by Crippen LogP contribution is -2.38. The van der Waals surface area contributed by atoms with Gasteiger partial charge in [0.05, 0.1) is 0 Å². The van der Waals surface area contributed by atoms with Crippen LogP contribution < -0.4 is 10.6 Å². The minimum absolute atomic E-state index is 0.239. The van der Waals surface area contributed by atoms with Crippen LogP contribution in [-0.2, 0) is 0 Å². The van der Waals surface area contributed by atoms with E-state index in [9.17, 15) is 0 Å². The lowest BCUT2D eigenvalue weighted by molar-refractivity contribution is 0.251. The summed E-state index contributed by atoms with van der Waals surface area (Å²) < 4.78 is 0. The van der Waals surface area contributed by atoms with Crippen molar-refractivity contribution in [1.82, 2.24) is 5.32 Å². The van der Waals surface area contributed by atoms with Crippen LogP contribution in [0.15, 0.2) is 30.3 Å². The number of nitrogens with one attached hydrogen (secondary N) is 2. The van der Waals surface area contributed by atoms with Gasteiger partial charge in [0.2, 0.25) is 0 Å². The van der Waals surface area contributed by atoms with E-state index < -0.39 is 0 Å². The molecule has 0 fully saturated rings. The summed E-state index contributed by atoms with van der Waals surface area (Å²) in [4.78, 5) is 0. The van der Waals surface area contributed by atoms with E-state index in [4.69, 9.17) is 12.2 Å². The molecule has 0 aliphatic heterocycles. The molecule has 0 amide bonds. The molecule has 2 N–H and O–H groups in total. The van der Waals surface area contributed by atoms with E-state index in [1.807, 2.05) is 30.3 Å². The minimum atomic E-state index is 0.239. The smallest absolute Gasteiger partial charge is 0.170 e. The third-order valence-corrected chi connectivity index (χ3v) is 3.55. The van der Waals surface area contributed by atoms with Crippen molar-refractivity contribution in [3.63, 3.8) is 0 Å². The summed E-state index contributed by atoms with van der Waals surface area (Å²) >= 11 is 5.27. The summed E-state index contributed by atoms with van der Waals surface area (Å²) in [7, 11) is 0. The monoisotopic (exact) mass is 250 g/mol. The predicted octanol–water partition coefficient (Wildman–Crippen LogP) is 3.66. The van der Waals surface area contributed by atoms with Crippen molar-refractivity contribution >= 4 is 23.0 Å². The van der Waals surface area contributed by atoms with Crippen LogP contribution in [0.2, 0.25) is 0 Å². The van der Waals surface area contributed by atoms with Crippen LogP contribution in [-0.4, -0.2) is 11.7 Å². The molecule has 3 heteroatoms. The first-order valence-corrected chi connectivity index (χ1v) is 6.42. The molecule has 1 aromatic rings. The average molecular weight is 250 g/mol. The molecule has 0 unspecified atom stereocenters. The van der Waals surface area contributed by atoms with Gasteiger partial charge in [0.15, 0.2) is 5.11 Å². The summed E-state index contributed by atoms with van der Waals surface area (Å²) in [6.45, 7) is 9.83. The van der Waals surface area contributed by atoms with E-state index in [0.29, 0.717) is 11.0 Å². The fourth-order valence-corrected chi connectivity index (χ4v) is 1.40. The molecule has 0 saturated heterocycles. The van der Waals surface area contributed by atoms with Crippen molar-refractivity contribution in [3.8, 4) is 0 Å². The van der Waals surface area contributed by atoms with E-state index in [-0.39, 0.29) is 5.41 Å². The van der Waals surface area contributed by atoms with E-state index in [2.05, 4.69) is 38.3 Å². The highest BCUT2D eigenvalue weighted by Gasteiger charge is 2.22. The summed E-state index contributed by atoms with van der Waals surface area (Å²) in [5, 5.41) is 7.13. The number of rotatable bonds is 4. The van der Waals surface area contributed by atoms with Crippen LogP contribution in [0.4, 0.5) is 5.69 Å². The van der Waals surface area contributed by atoms with E-state index in [0.717, 1.165) is 12.2 Å². The van der Waals surface area contributed by atoms with E-state index >= 15 is 0 Å². The largest absolute Gasteiger partial charge is 0.362 e. The zero-order chi connectivity index (χ0) is 12.9. The summed E-state index contributed by atoms with van der Waals surface area (Å²) in [5.74, 6) is 0.620. The lowest BCUT2D eigenvalue weighted by atomic mass is 9.81. The molecule has 0 aliphatic rings. The normalized spacial score (nSPS) is 11.4. The first kappa shape index (κ1) is 14.0. The Morgan fingerprint density at radius 2 is 1.82 bits per heavy atom. The molecule has 94 valence electrons. The average Bonchev–Trinajstić information content (AvgIpc) is 2.28. The van der Waals surface area contributed by atoms with Gasteiger partial charge in [0, 0.05) is 12.2 Å². The van der Waals surface area contributed by atoms with Gasteiger partial charge in [-0.1, -0.05) is 45.9 Å². The zero-order valence-electron chi connectivity index (χ0n) is 11.1. The number of benzene rings is 1. The highest BCUT2D eigenvalue weighted by molar-refractivity contribution is 7.80. The van der Waals surface area contributed by atoms with Crippen molar-refractivity contribution in [1.29, 1.82) is 0 Å². The molecule has 0 saturated carbocycles. The first-order valence-electron chi connectivity index (χ1n) is 6.02. The fraction of sp³-hybridized carbons (Fsp3) is 0.500. The Morgan fingerprint density at radius 1 is 1.24 bits per heavy atom. The second-order valence-electron chi connectivity index (χ2n) is 5.32. The van der Waals surface area contributed by atoms with Crippen LogP contribution in [0.3, 0.4) is 0 Å². The van der Waals surface area contributed by atoms with Crippen molar-refractivity contribution in [3.05, 3.63) is 30.3 Å². The molecular formula is C14H22N2S. The fourth-order valence-electron chi connectivity index (χ4n) is 1.21. The molecule has 0 spiro atoms. The Morgan fingerprint density at radius 3 is 2.35 bits per heavy atom. The van der Waals surface area contributed by atoms with Gasteiger partial charge in [0.1, 0.15) is 0 Å². The van der Waals surface area contributed by atoms with Crippen molar-refractivity contribution in [2.24, 2.45) is 11.3 Å². The summed E-state index contributed by atoms with van der Waals surface area (Å²) in [6, 6.07) is 9.97. The number of hydrogen-bond donors (Lipinski definition) is 2. The van der Waals surface area contributed by atoms with Crippen LogP contribution in [0, 0.1) is 11.3 Å². The van der Waals surface area contributed by atoms with Gasteiger partial charge in [-0.15, -0.1) is 0 Å². The first-order chi connectivity index (χ1) is 7.92. The van der Waals surface area contributed by atoms with Gasteiger partial charge in [0.25, 0.3) is 0 Å². The molecule has 0 bridgehead atoms. The molecule has 0 aliphatic carbocycles. The third kappa shape index (κ3) is 4.73. The molecule has 0 atom stereocenters. The predicted molar refractivity (Wildman–Crippen MR) is 79.3 cm³/mol. The molecule has 1 rings (SSSR count). The van der Waals surface area contributed by atoms with Crippen LogP contribution >= 0.6 is 12.2 Å². The molecular weight excluding hydrogens is 228 g/mol. The van der Waals surface area contributed by atoms with Crippen molar-refractivity contribution < 1.29 is 0 Å². The minimum Gasteiger partial charge on any atom is -0.362 e. The Bertz CT molecular complexity index is 358. The molecule has 1 aromatic carbocycles. The molecule has 0 aromatic heterocycles. The highest BCUT2D eigenvalue weighted by Crippen LogP contribution is 2.24. The number of hydrogen-bond acceptors (Lipinski definition) is 1. The summed E-state index contributed by atoms with van der Waals surface area (Å²) in [5.41, 5.74) is 1.26. The second-order valence-corrected chi connectivity index (χ2v) is 5.73. The van der Waals surface area contributed by atoms with Gasteiger partial charge in [-0.2, -0.15) is 0 Å². The lowest BCUT2D eigenvalue weighted by Gasteiger charge is -2.30. The third-order valence-electron chi connectivity index (χ3n) is 3.30. The van der Waals surface area contributed by atoms with Crippen LogP contribution in [0.1, 0.15) is 27.7 Å². The zero-order valence-corrected chi connectivity index (χ0v) is 11.9. The molecule has 2 nitrogen and oxygen atoms in total. The molecule has 0 radical (unpaired) electrons. The Labute approximate surface area is 110 Å². The van der Waals surface area contributed by atoms with Crippen molar-refractivity contribution in [2.75, 3.05) is 11.9 Å². The Balaban J connectivity index is 2.41. The van der Waals surface area contributed by atoms with Gasteiger partial charge < -0.3 is 10.6 Å². The maximum absolute atomic E-state index is 5.27. The topological polar surface area (TPSA) is 24.1 Å². The highest BCUT2D eigenvalue weighted by atomic mass is 32.1. The molecule has 17 heavy (non-hydrogen) atoms. The standard InChI is InChI=1S/C14H22N2S/c1-11(2)14(3,4)10-15-13(17)16-12-8-6-5-7-9-12/h5-9,11H,10H2,1-4H3,(H2,15,16,17). The van der Waals surface area contributed by atoms with Crippen molar-refractivity contribution in [2.45, 2.75) is 27.7 Å².